The van der Waals surface area contributed by atoms with Crippen molar-refractivity contribution in [1.82, 2.24) is 4.98 Å². The van der Waals surface area contributed by atoms with Crippen LogP contribution in [0.3, 0.4) is 0 Å². The molecule has 3 rings (SSSR count). The van der Waals surface area contributed by atoms with Crippen LogP contribution in [0.4, 0.5) is 10.8 Å². The Bertz CT molecular complexity index is 720. The lowest BCUT2D eigenvalue weighted by Crippen LogP contribution is -1.89. The molecule has 0 saturated carbocycles. The van der Waals surface area contributed by atoms with Crippen LogP contribution in [-0.2, 0) is 6.42 Å². The van der Waals surface area contributed by atoms with Crippen LogP contribution in [-0.4, -0.2) is 4.98 Å². The van der Waals surface area contributed by atoms with Gasteiger partial charge in [-0.2, -0.15) is 0 Å². The molecule has 4 heteroatoms. The quantitative estimate of drug-likeness (QED) is 0.661. The average molecular weight is 315 g/mol. The molecule has 1 aromatic heterocycles. The highest BCUT2D eigenvalue weighted by atomic mass is 35.5. The van der Waals surface area contributed by atoms with Crippen LogP contribution in [0.5, 0.6) is 0 Å². The lowest BCUT2D eigenvalue weighted by molar-refractivity contribution is 1.17. The molecule has 2 aromatic carbocycles. The summed E-state index contributed by atoms with van der Waals surface area (Å²) < 4.78 is 0. The molecule has 0 atom stereocenters. The first-order valence-corrected chi connectivity index (χ1v) is 8.03. The van der Waals surface area contributed by atoms with E-state index in [1.165, 1.54) is 4.88 Å². The Hall–Kier alpha value is -1.84. The second kappa shape index (κ2) is 6.29. The van der Waals surface area contributed by atoms with Gasteiger partial charge in [0, 0.05) is 21.2 Å². The van der Waals surface area contributed by atoms with E-state index in [9.17, 15) is 0 Å². The van der Waals surface area contributed by atoms with Gasteiger partial charge in [0.1, 0.15) is 0 Å². The van der Waals surface area contributed by atoms with Crippen molar-refractivity contribution in [2.45, 2.75) is 13.3 Å². The number of halogens is 1. The number of hydrogen-bond acceptors (Lipinski definition) is 3. The summed E-state index contributed by atoms with van der Waals surface area (Å²) >= 11 is 7.60. The molecule has 21 heavy (non-hydrogen) atoms. The van der Waals surface area contributed by atoms with Crippen molar-refractivity contribution in [2.24, 2.45) is 0 Å². The highest BCUT2D eigenvalue weighted by Gasteiger charge is 2.11. The van der Waals surface area contributed by atoms with Crippen LogP contribution in [0.1, 0.15) is 11.8 Å². The van der Waals surface area contributed by atoms with E-state index in [0.29, 0.717) is 0 Å². The molecule has 0 saturated heterocycles. The minimum absolute atomic E-state index is 0.735. The van der Waals surface area contributed by atoms with Gasteiger partial charge in [-0.1, -0.05) is 48.9 Å². The van der Waals surface area contributed by atoms with E-state index in [2.05, 4.69) is 24.4 Å². The van der Waals surface area contributed by atoms with Gasteiger partial charge in [0.15, 0.2) is 5.13 Å². The molecule has 0 bridgehead atoms. The fourth-order valence-corrected chi connectivity index (χ4v) is 3.19. The Morgan fingerprint density at radius 3 is 2.43 bits per heavy atom. The third-order valence-electron chi connectivity index (χ3n) is 3.16. The maximum absolute atomic E-state index is 5.91. The number of anilines is 2. The minimum Gasteiger partial charge on any atom is -0.332 e. The average Bonchev–Trinajstić information content (AvgIpc) is 2.93. The molecular formula is C17H15ClN2S. The Balaban J connectivity index is 1.91. The smallest absolute Gasteiger partial charge is 0.187 e. The van der Waals surface area contributed by atoms with Crippen LogP contribution in [0, 0.1) is 0 Å². The molecular weight excluding hydrogens is 300 g/mol. The molecule has 0 fully saturated rings. The Kier molecular flexibility index (Phi) is 4.23. The van der Waals surface area contributed by atoms with E-state index in [-0.39, 0.29) is 0 Å². The minimum atomic E-state index is 0.735. The van der Waals surface area contributed by atoms with Crippen LogP contribution in [0.2, 0.25) is 5.02 Å². The van der Waals surface area contributed by atoms with Gasteiger partial charge in [0.2, 0.25) is 0 Å². The van der Waals surface area contributed by atoms with Crippen LogP contribution in [0.25, 0.3) is 11.3 Å². The largest absolute Gasteiger partial charge is 0.332 e. The Labute approximate surface area is 133 Å². The van der Waals surface area contributed by atoms with E-state index in [4.69, 9.17) is 16.6 Å². The van der Waals surface area contributed by atoms with E-state index in [1.807, 2.05) is 42.5 Å². The van der Waals surface area contributed by atoms with Crippen molar-refractivity contribution in [3.63, 3.8) is 0 Å². The summed E-state index contributed by atoms with van der Waals surface area (Å²) in [5.41, 5.74) is 3.23. The summed E-state index contributed by atoms with van der Waals surface area (Å²) in [4.78, 5) is 6.03. The normalized spacial score (nSPS) is 10.6. The highest BCUT2D eigenvalue weighted by Crippen LogP contribution is 2.33. The van der Waals surface area contributed by atoms with Crippen molar-refractivity contribution < 1.29 is 0 Å². The molecule has 1 N–H and O–H groups in total. The van der Waals surface area contributed by atoms with Crippen molar-refractivity contribution >= 4 is 33.8 Å². The predicted octanol–water partition coefficient (Wildman–Crippen LogP) is 5.77. The summed E-state index contributed by atoms with van der Waals surface area (Å²) in [7, 11) is 0. The number of nitrogens with one attached hydrogen (secondary N) is 1. The van der Waals surface area contributed by atoms with Gasteiger partial charge in [-0.05, 0) is 30.7 Å². The van der Waals surface area contributed by atoms with Crippen molar-refractivity contribution in [2.75, 3.05) is 5.32 Å². The van der Waals surface area contributed by atoms with Gasteiger partial charge in [-0.15, -0.1) is 11.3 Å². The zero-order valence-corrected chi connectivity index (χ0v) is 13.2. The van der Waals surface area contributed by atoms with Crippen molar-refractivity contribution in [3.05, 3.63) is 64.5 Å². The van der Waals surface area contributed by atoms with E-state index in [0.717, 1.165) is 33.5 Å². The predicted molar refractivity (Wildman–Crippen MR) is 91.7 cm³/mol. The fraction of sp³-hybridized carbons (Fsp3) is 0.118. The van der Waals surface area contributed by atoms with Crippen LogP contribution >= 0.6 is 22.9 Å². The number of aromatic nitrogens is 1. The summed E-state index contributed by atoms with van der Waals surface area (Å²) in [5, 5.41) is 4.99. The van der Waals surface area contributed by atoms with Gasteiger partial charge in [0.05, 0.1) is 5.69 Å². The summed E-state index contributed by atoms with van der Waals surface area (Å²) in [6, 6.07) is 18.0. The molecule has 106 valence electrons. The topological polar surface area (TPSA) is 24.9 Å². The first-order chi connectivity index (χ1) is 10.3. The fourth-order valence-electron chi connectivity index (χ4n) is 2.12. The molecule has 0 aliphatic rings. The molecule has 3 aromatic rings. The summed E-state index contributed by atoms with van der Waals surface area (Å²) in [6.45, 7) is 2.16. The number of aryl methyl sites for hydroxylation is 1. The first-order valence-electron chi connectivity index (χ1n) is 6.84. The molecule has 0 radical (unpaired) electrons. The van der Waals surface area contributed by atoms with Gasteiger partial charge < -0.3 is 5.32 Å². The molecule has 0 amide bonds. The number of nitrogens with zero attached hydrogens (tertiary/aromatic N) is 1. The maximum atomic E-state index is 5.91. The number of benzene rings is 2. The SMILES string of the molecule is CCc1sc(Nc2ccc(Cl)cc2)nc1-c1ccccc1. The van der Waals surface area contributed by atoms with Crippen molar-refractivity contribution in [3.8, 4) is 11.3 Å². The Morgan fingerprint density at radius 1 is 1.05 bits per heavy atom. The zero-order valence-electron chi connectivity index (χ0n) is 11.6. The van der Waals surface area contributed by atoms with Crippen molar-refractivity contribution in [1.29, 1.82) is 0 Å². The Morgan fingerprint density at radius 2 is 1.76 bits per heavy atom. The lowest BCUT2D eigenvalue weighted by Gasteiger charge is -2.01. The molecule has 0 spiro atoms. The van der Waals surface area contributed by atoms with E-state index >= 15 is 0 Å². The number of hydrogen-bond donors (Lipinski definition) is 1. The summed E-state index contributed by atoms with van der Waals surface area (Å²) in [5.74, 6) is 0. The maximum Gasteiger partial charge on any atom is 0.187 e. The van der Waals surface area contributed by atoms with E-state index in [1.54, 1.807) is 11.3 Å². The molecule has 1 heterocycles. The van der Waals surface area contributed by atoms with Gasteiger partial charge in [0.25, 0.3) is 0 Å². The highest BCUT2D eigenvalue weighted by molar-refractivity contribution is 7.16. The molecule has 0 aliphatic heterocycles. The number of thiazole rings is 1. The first kappa shape index (κ1) is 14.1. The monoisotopic (exact) mass is 314 g/mol. The standard InChI is InChI=1S/C17H15ClN2S/c1-2-15-16(12-6-4-3-5-7-12)20-17(21-15)19-14-10-8-13(18)9-11-14/h3-11H,2H2,1H3,(H,19,20). The van der Waals surface area contributed by atoms with E-state index < -0.39 is 0 Å². The number of rotatable bonds is 4. The van der Waals surface area contributed by atoms with Gasteiger partial charge in [-0.3, -0.25) is 0 Å². The second-order valence-electron chi connectivity index (χ2n) is 4.64. The molecule has 0 unspecified atom stereocenters. The molecule has 0 aliphatic carbocycles. The summed E-state index contributed by atoms with van der Waals surface area (Å²) in [6.07, 6.45) is 0.976. The molecule has 2 nitrogen and oxygen atoms in total. The van der Waals surface area contributed by atoms with Crippen LogP contribution < -0.4 is 5.32 Å². The second-order valence-corrected chi connectivity index (χ2v) is 6.16. The third-order valence-corrected chi connectivity index (χ3v) is 4.53. The van der Waals surface area contributed by atoms with Gasteiger partial charge >= 0.3 is 0 Å². The zero-order chi connectivity index (χ0) is 14.7. The lowest BCUT2D eigenvalue weighted by atomic mass is 10.1. The van der Waals surface area contributed by atoms with Gasteiger partial charge in [-0.25, -0.2) is 4.98 Å². The van der Waals surface area contributed by atoms with Crippen LogP contribution in [0.15, 0.2) is 54.6 Å². The third kappa shape index (κ3) is 3.26.